The summed E-state index contributed by atoms with van der Waals surface area (Å²) in [6.07, 6.45) is 12.3. The number of fused-ring (bicyclic) bond motifs is 2. The average molecular weight is 302 g/mol. The standard InChI is InChI=1S/C20H30O2/c1-14-6-5-11-20(4)19(22-20)10-8-15(2)12-18-17(9-7-14)16(3)13-21-18/h6,12,18-19H,5,7-11,13H2,1-4H3/t18-,19-,20+/m0/s1. The van der Waals surface area contributed by atoms with Crippen LogP contribution in [0.4, 0.5) is 0 Å². The molecular weight excluding hydrogens is 272 g/mol. The van der Waals surface area contributed by atoms with Crippen LogP contribution in [0.3, 0.4) is 0 Å². The van der Waals surface area contributed by atoms with Crippen molar-refractivity contribution in [2.24, 2.45) is 0 Å². The van der Waals surface area contributed by atoms with E-state index in [1.54, 1.807) is 0 Å². The molecule has 122 valence electrons. The van der Waals surface area contributed by atoms with Gasteiger partial charge in [-0.15, -0.1) is 0 Å². The number of rotatable bonds is 0. The summed E-state index contributed by atoms with van der Waals surface area (Å²) in [7, 11) is 0. The minimum absolute atomic E-state index is 0.132. The molecule has 2 heterocycles. The van der Waals surface area contributed by atoms with Gasteiger partial charge < -0.3 is 9.47 Å². The minimum Gasteiger partial charge on any atom is -0.366 e. The summed E-state index contributed by atoms with van der Waals surface area (Å²) in [5.74, 6) is 0. The predicted molar refractivity (Wildman–Crippen MR) is 90.9 cm³/mol. The van der Waals surface area contributed by atoms with Crippen LogP contribution < -0.4 is 0 Å². The van der Waals surface area contributed by atoms with Crippen LogP contribution in [-0.4, -0.2) is 24.4 Å². The summed E-state index contributed by atoms with van der Waals surface area (Å²) in [5, 5.41) is 0. The maximum atomic E-state index is 5.99. The molecule has 3 atom stereocenters. The van der Waals surface area contributed by atoms with Crippen LogP contribution in [0.25, 0.3) is 0 Å². The monoisotopic (exact) mass is 302 g/mol. The molecule has 0 N–H and O–H groups in total. The van der Waals surface area contributed by atoms with Gasteiger partial charge in [0.05, 0.1) is 24.4 Å². The second-order valence-corrected chi connectivity index (χ2v) is 7.60. The lowest BCUT2D eigenvalue weighted by Gasteiger charge is -2.14. The average Bonchev–Trinajstić information content (AvgIpc) is 2.98. The van der Waals surface area contributed by atoms with Crippen LogP contribution in [-0.2, 0) is 9.47 Å². The molecule has 0 aromatic rings. The van der Waals surface area contributed by atoms with Gasteiger partial charge in [-0.05, 0) is 77.4 Å². The Labute approximate surface area is 135 Å². The lowest BCUT2D eigenvalue weighted by Crippen LogP contribution is -2.11. The summed E-state index contributed by atoms with van der Waals surface area (Å²) in [5.41, 5.74) is 6.03. The molecule has 0 aromatic carbocycles. The Kier molecular flexibility index (Phi) is 4.61. The van der Waals surface area contributed by atoms with E-state index in [-0.39, 0.29) is 11.7 Å². The van der Waals surface area contributed by atoms with E-state index in [2.05, 4.69) is 39.8 Å². The molecule has 0 spiro atoms. The van der Waals surface area contributed by atoms with Gasteiger partial charge in [-0.3, -0.25) is 0 Å². The van der Waals surface area contributed by atoms with Crippen molar-refractivity contribution in [3.05, 3.63) is 34.4 Å². The van der Waals surface area contributed by atoms with Crippen LogP contribution in [0.2, 0.25) is 0 Å². The van der Waals surface area contributed by atoms with Crippen molar-refractivity contribution >= 4 is 0 Å². The van der Waals surface area contributed by atoms with E-state index in [0.717, 1.165) is 45.1 Å². The Morgan fingerprint density at radius 3 is 2.73 bits per heavy atom. The van der Waals surface area contributed by atoms with Crippen molar-refractivity contribution in [1.29, 1.82) is 0 Å². The van der Waals surface area contributed by atoms with Gasteiger partial charge in [-0.1, -0.05) is 23.3 Å². The van der Waals surface area contributed by atoms with Crippen LogP contribution in [0, 0.1) is 0 Å². The fraction of sp³-hybridized carbons (Fsp3) is 0.700. The Balaban J connectivity index is 1.76. The summed E-state index contributed by atoms with van der Waals surface area (Å²) in [4.78, 5) is 0. The molecule has 0 bridgehead atoms. The van der Waals surface area contributed by atoms with E-state index in [4.69, 9.17) is 9.47 Å². The van der Waals surface area contributed by atoms with E-state index >= 15 is 0 Å². The Hall–Kier alpha value is -0.860. The molecule has 2 nitrogen and oxygen atoms in total. The van der Waals surface area contributed by atoms with Gasteiger partial charge in [-0.2, -0.15) is 0 Å². The highest BCUT2D eigenvalue weighted by atomic mass is 16.6. The molecule has 0 amide bonds. The summed E-state index contributed by atoms with van der Waals surface area (Å²) in [6.45, 7) is 9.81. The molecule has 2 aliphatic heterocycles. The van der Waals surface area contributed by atoms with E-state index in [1.165, 1.54) is 22.3 Å². The molecule has 22 heavy (non-hydrogen) atoms. The molecule has 0 saturated carbocycles. The zero-order valence-electron chi connectivity index (χ0n) is 14.6. The van der Waals surface area contributed by atoms with Crippen molar-refractivity contribution in [2.75, 3.05) is 6.61 Å². The lowest BCUT2D eigenvalue weighted by molar-refractivity contribution is 0.150. The first kappa shape index (κ1) is 16.0. The fourth-order valence-corrected chi connectivity index (χ4v) is 3.77. The van der Waals surface area contributed by atoms with Gasteiger partial charge >= 0.3 is 0 Å². The van der Waals surface area contributed by atoms with Crippen molar-refractivity contribution in [2.45, 2.75) is 84.0 Å². The highest BCUT2D eigenvalue weighted by molar-refractivity contribution is 5.29. The van der Waals surface area contributed by atoms with Gasteiger partial charge in [0.1, 0.15) is 0 Å². The van der Waals surface area contributed by atoms with E-state index in [9.17, 15) is 0 Å². The van der Waals surface area contributed by atoms with Gasteiger partial charge in [0.25, 0.3) is 0 Å². The second kappa shape index (κ2) is 6.33. The normalized spacial score (nSPS) is 36.9. The Morgan fingerprint density at radius 1 is 1.09 bits per heavy atom. The van der Waals surface area contributed by atoms with Gasteiger partial charge in [0.15, 0.2) is 0 Å². The maximum absolute atomic E-state index is 5.99. The number of ether oxygens (including phenoxy) is 2. The number of hydrogen-bond donors (Lipinski definition) is 0. The first-order chi connectivity index (χ1) is 10.5. The van der Waals surface area contributed by atoms with Crippen LogP contribution in [0.15, 0.2) is 34.4 Å². The third-order valence-electron chi connectivity index (χ3n) is 5.57. The van der Waals surface area contributed by atoms with Gasteiger partial charge in [0.2, 0.25) is 0 Å². The third kappa shape index (κ3) is 3.55. The SMILES string of the molecule is CC1=CCC[C@@]2(C)O[C@H]2CCC(C)=C[C@@H]2OCC(C)=C2CC1. The number of epoxide rings is 1. The highest BCUT2D eigenvalue weighted by Gasteiger charge is 2.50. The Morgan fingerprint density at radius 2 is 1.91 bits per heavy atom. The third-order valence-corrected chi connectivity index (χ3v) is 5.57. The van der Waals surface area contributed by atoms with Crippen LogP contribution in [0.1, 0.15) is 66.2 Å². The number of allylic oxidation sites excluding steroid dienone is 3. The zero-order chi connectivity index (χ0) is 15.7. The van der Waals surface area contributed by atoms with Crippen molar-refractivity contribution in [1.82, 2.24) is 0 Å². The molecular formula is C20H30O2. The Bertz CT molecular complexity index is 526. The molecule has 1 aliphatic carbocycles. The van der Waals surface area contributed by atoms with Crippen molar-refractivity contribution < 1.29 is 9.47 Å². The molecule has 0 aromatic heterocycles. The summed E-state index contributed by atoms with van der Waals surface area (Å²) < 4.78 is 12.0. The molecule has 1 saturated heterocycles. The van der Waals surface area contributed by atoms with E-state index < -0.39 is 0 Å². The summed E-state index contributed by atoms with van der Waals surface area (Å²) >= 11 is 0. The van der Waals surface area contributed by atoms with Crippen LogP contribution in [0.5, 0.6) is 0 Å². The molecule has 1 fully saturated rings. The quantitative estimate of drug-likeness (QED) is 0.458. The topological polar surface area (TPSA) is 21.8 Å². The molecule has 3 rings (SSSR count). The largest absolute Gasteiger partial charge is 0.366 e. The summed E-state index contributed by atoms with van der Waals surface area (Å²) in [6, 6.07) is 0. The van der Waals surface area contributed by atoms with Crippen molar-refractivity contribution in [3.63, 3.8) is 0 Å². The molecule has 0 radical (unpaired) electrons. The smallest absolute Gasteiger partial charge is 0.0977 e. The van der Waals surface area contributed by atoms with E-state index in [1.807, 2.05) is 0 Å². The lowest BCUT2D eigenvalue weighted by atomic mass is 9.93. The highest BCUT2D eigenvalue weighted by Crippen LogP contribution is 2.43. The second-order valence-electron chi connectivity index (χ2n) is 7.60. The minimum atomic E-state index is 0.132. The van der Waals surface area contributed by atoms with Crippen LogP contribution >= 0.6 is 0 Å². The van der Waals surface area contributed by atoms with E-state index in [0.29, 0.717) is 6.10 Å². The first-order valence-corrected chi connectivity index (χ1v) is 8.79. The first-order valence-electron chi connectivity index (χ1n) is 8.79. The molecule has 0 unspecified atom stereocenters. The number of hydrogen-bond acceptors (Lipinski definition) is 2. The van der Waals surface area contributed by atoms with Crippen molar-refractivity contribution in [3.8, 4) is 0 Å². The maximum Gasteiger partial charge on any atom is 0.0977 e. The van der Waals surface area contributed by atoms with Gasteiger partial charge in [-0.25, -0.2) is 0 Å². The molecule has 3 aliphatic rings. The predicted octanol–water partition coefficient (Wildman–Crippen LogP) is 5.11. The molecule has 2 heteroatoms. The zero-order valence-corrected chi connectivity index (χ0v) is 14.6. The van der Waals surface area contributed by atoms with Gasteiger partial charge in [0, 0.05) is 0 Å². The fourth-order valence-electron chi connectivity index (χ4n) is 3.77.